The maximum atomic E-state index is 12.0. The summed E-state index contributed by atoms with van der Waals surface area (Å²) in [6.45, 7) is 4.49. The van der Waals surface area contributed by atoms with Gasteiger partial charge in [0, 0.05) is 12.6 Å². The fourth-order valence-electron chi connectivity index (χ4n) is 1.46. The quantitative estimate of drug-likeness (QED) is 0.851. The Labute approximate surface area is 109 Å². The summed E-state index contributed by atoms with van der Waals surface area (Å²) < 4.78 is 24.0. The molecule has 0 fully saturated rings. The predicted molar refractivity (Wildman–Crippen MR) is 71.0 cm³/mol. The Bertz CT molecular complexity index is 532. The molecule has 0 aliphatic rings. The van der Waals surface area contributed by atoms with Crippen LogP contribution in [0.25, 0.3) is 0 Å². The summed E-state index contributed by atoms with van der Waals surface area (Å²) in [5.74, 6) is 0.0478. The molecule has 1 rings (SSSR count). The van der Waals surface area contributed by atoms with E-state index < -0.39 is 9.84 Å². The van der Waals surface area contributed by atoms with Gasteiger partial charge in [0.25, 0.3) is 0 Å². The molecule has 0 aromatic heterocycles. The highest BCUT2D eigenvalue weighted by Gasteiger charge is 2.14. The van der Waals surface area contributed by atoms with Crippen molar-refractivity contribution >= 4 is 9.84 Å². The summed E-state index contributed by atoms with van der Waals surface area (Å²) in [4.78, 5) is 0.215. The lowest BCUT2D eigenvalue weighted by molar-refractivity contribution is 0.544. The molecule has 0 radical (unpaired) electrons. The molecule has 1 aromatic carbocycles. The number of nitrogens with one attached hydrogen (secondary N) is 1. The minimum atomic E-state index is -3.31. The van der Waals surface area contributed by atoms with Gasteiger partial charge in [-0.25, -0.2) is 8.42 Å². The molecule has 18 heavy (non-hydrogen) atoms. The standard InChI is InChI=1S/C13H18N2O2S/c1-3-11(2)15-7-8-18(16,17)13-6-4-5-12(9-13)10-14/h4-6,9,11,15H,3,7-8H2,1-2H3. The van der Waals surface area contributed by atoms with Gasteiger partial charge in [0.05, 0.1) is 22.3 Å². The Morgan fingerprint density at radius 1 is 1.44 bits per heavy atom. The van der Waals surface area contributed by atoms with Crippen molar-refractivity contribution in [3.05, 3.63) is 29.8 Å². The second-order valence-corrected chi connectivity index (χ2v) is 6.33. The molecule has 5 heteroatoms. The molecule has 0 amide bonds. The van der Waals surface area contributed by atoms with Crippen LogP contribution in [0.3, 0.4) is 0 Å². The van der Waals surface area contributed by atoms with Gasteiger partial charge in [0.1, 0.15) is 0 Å². The first-order valence-corrected chi connectivity index (χ1v) is 7.61. The zero-order chi connectivity index (χ0) is 13.6. The third kappa shape index (κ3) is 4.13. The minimum Gasteiger partial charge on any atom is -0.313 e. The topological polar surface area (TPSA) is 70.0 Å². The van der Waals surface area contributed by atoms with Crippen molar-refractivity contribution in [1.82, 2.24) is 5.32 Å². The van der Waals surface area contributed by atoms with Crippen LogP contribution in [0.4, 0.5) is 0 Å². The second-order valence-electron chi connectivity index (χ2n) is 4.22. The summed E-state index contributed by atoms with van der Waals surface area (Å²) in [5, 5.41) is 11.9. The molecule has 98 valence electrons. The minimum absolute atomic E-state index is 0.0478. The Balaban J connectivity index is 2.72. The van der Waals surface area contributed by atoms with E-state index in [2.05, 4.69) is 5.32 Å². The van der Waals surface area contributed by atoms with Crippen LogP contribution in [0.5, 0.6) is 0 Å². The first-order chi connectivity index (χ1) is 8.49. The molecular formula is C13H18N2O2S. The van der Waals surface area contributed by atoms with Crippen molar-refractivity contribution < 1.29 is 8.42 Å². The number of sulfone groups is 1. The SMILES string of the molecule is CCC(C)NCCS(=O)(=O)c1cccc(C#N)c1. The Morgan fingerprint density at radius 2 is 2.17 bits per heavy atom. The van der Waals surface area contributed by atoms with Crippen LogP contribution < -0.4 is 5.32 Å². The maximum Gasteiger partial charge on any atom is 0.179 e. The van der Waals surface area contributed by atoms with Gasteiger partial charge in [-0.1, -0.05) is 13.0 Å². The van der Waals surface area contributed by atoms with Gasteiger partial charge in [-0.2, -0.15) is 5.26 Å². The van der Waals surface area contributed by atoms with Crippen LogP contribution in [-0.2, 0) is 9.84 Å². The van der Waals surface area contributed by atoms with Crippen LogP contribution in [0.15, 0.2) is 29.2 Å². The van der Waals surface area contributed by atoms with E-state index in [4.69, 9.17) is 5.26 Å². The number of nitriles is 1. The lowest BCUT2D eigenvalue weighted by Gasteiger charge is -2.11. The molecule has 0 saturated carbocycles. The Kier molecular flexibility index (Phi) is 5.32. The molecule has 1 N–H and O–H groups in total. The third-order valence-corrected chi connectivity index (χ3v) is 4.51. The number of hydrogen-bond acceptors (Lipinski definition) is 4. The van der Waals surface area contributed by atoms with Gasteiger partial charge in [-0.15, -0.1) is 0 Å². The number of benzene rings is 1. The van der Waals surface area contributed by atoms with Crippen LogP contribution in [0.2, 0.25) is 0 Å². The molecule has 1 atom stereocenters. The van der Waals surface area contributed by atoms with Crippen molar-refractivity contribution in [2.75, 3.05) is 12.3 Å². The van der Waals surface area contributed by atoms with E-state index in [1.54, 1.807) is 12.1 Å². The first kappa shape index (κ1) is 14.7. The number of hydrogen-bond donors (Lipinski definition) is 1. The van der Waals surface area contributed by atoms with Crippen LogP contribution in [0.1, 0.15) is 25.8 Å². The summed E-state index contributed by atoms with van der Waals surface area (Å²) in [6, 6.07) is 8.38. The largest absolute Gasteiger partial charge is 0.313 e. The van der Waals surface area contributed by atoms with E-state index in [9.17, 15) is 8.42 Å². The first-order valence-electron chi connectivity index (χ1n) is 5.96. The monoisotopic (exact) mass is 266 g/mol. The molecular weight excluding hydrogens is 248 g/mol. The van der Waals surface area contributed by atoms with Crippen LogP contribution in [0, 0.1) is 11.3 Å². The summed E-state index contributed by atoms with van der Waals surface area (Å²) >= 11 is 0. The van der Waals surface area contributed by atoms with E-state index in [-0.39, 0.29) is 10.6 Å². The van der Waals surface area contributed by atoms with Crippen molar-refractivity contribution in [2.45, 2.75) is 31.2 Å². The summed E-state index contributed by atoms with van der Waals surface area (Å²) in [6.07, 6.45) is 0.962. The number of nitrogens with zero attached hydrogens (tertiary/aromatic N) is 1. The van der Waals surface area contributed by atoms with Gasteiger partial charge < -0.3 is 5.32 Å². The molecule has 1 unspecified atom stereocenters. The molecule has 0 spiro atoms. The highest BCUT2D eigenvalue weighted by Crippen LogP contribution is 2.12. The zero-order valence-electron chi connectivity index (χ0n) is 10.7. The second kappa shape index (κ2) is 6.53. The van der Waals surface area contributed by atoms with E-state index in [0.717, 1.165) is 6.42 Å². The number of rotatable bonds is 6. The van der Waals surface area contributed by atoms with Crippen molar-refractivity contribution in [2.24, 2.45) is 0 Å². The molecule has 0 bridgehead atoms. The van der Waals surface area contributed by atoms with E-state index in [1.807, 2.05) is 19.9 Å². The molecule has 0 aliphatic heterocycles. The van der Waals surface area contributed by atoms with E-state index in [0.29, 0.717) is 18.2 Å². The molecule has 0 saturated heterocycles. The Morgan fingerprint density at radius 3 is 2.78 bits per heavy atom. The van der Waals surface area contributed by atoms with Crippen molar-refractivity contribution in [3.63, 3.8) is 0 Å². The highest BCUT2D eigenvalue weighted by atomic mass is 32.2. The zero-order valence-corrected chi connectivity index (χ0v) is 11.5. The molecule has 0 aliphatic carbocycles. The van der Waals surface area contributed by atoms with Gasteiger partial charge in [-0.3, -0.25) is 0 Å². The average molecular weight is 266 g/mol. The highest BCUT2D eigenvalue weighted by molar-refractivity contribution is 7.91. The van der Waals surface area contributed by atoms with E-state index in [1.165, 1.54) is 12.1 Å². The predicted octanol–water partition coefficient (Wildman–Crippen LogP) is 1.72. The van der Waals surface area contributed by atoms with Crippen LogP contribution >= 0.6 is 0 Å². The van der Waals surface area contributed by atoms with Gasteiger partial charge in [0.2, 0.25) is 0 Å². The lowest BCUT2D eigenvalue weighted by atomic mass is 10.2. The summed E-state index contributed by atoms with van der Waals surface area (Å²) in [5.41, 5.74) is 0.367. The fourth-order valence-corrected chi connectivity index (χ4v) is 2.68. The van der Waals surface area contributed by atoms with Crippen molar-refractivity contribution in [3.8, 4) is 6.07 Å². The summed E-state index contributed by atoms with van der Waals surface area (Å²) in [7, 11) is -3.31. The molecule has 4 nitrogen and oxygen atoms in total. The van der Waals surface area contributed by atoms with Gasteiger partial charge >= 0.3 is 0 Å². The average Bonchev–Trinajstić information content (AvgIpc) is 2.38. The lowest BCUT2D eigenvalue weighted by Crippen LogP contribution is -2.30. The van der Waals surface area contributed by atoms with Crippen LogP contribution in [-0.4, -0.2) is 26.8 Å². The molecule has 0 heterocycles. The normalized spacial score (nSPS) is 12.9. The van der Waals surface area contributed by atoms with Gasteiger partial charge in [0.15, 0.2) is 9.84 Å². The smallest absolute Gasteiger partial charge is 0.179 e. The Hall–Kier alpha value is -1.38. The maximum absolute atomic E-state index is 12.0. The van der Waals surface area contributed by atoms with E-state index >= 15 is 0 Å². The third-order valence-electron chi connectivity index (χ3n) is 2.80. The van der Waals surface area contributed by atoms with Gasteiger partial charge in [-0.05, 0) is 31.5 Å². The molecule has 1 aromatic rings. The van der Waals surface area contributed by atoms with Crippen molar-refractivity contribution in [1.29, 1.82) is 5.26 Å². The fraction of sp³-hybridized carbons (Fsp3) is 0.462.